The number of nitrogens with zero attached hydrogens (tertiary/aromatic N) is 1. The van der Waals surface area contributed by atoms with Crippen LogP contribution in [0.5, 0.6) is 0 Å². The smallest absolute Gasteiger partial charge is 0.112 e. The highest BCUT2D eigenvalue weighted by molar-refractivity contribution is 6.20. The number of hydrogen-bond acceptors (Lipinski definition) is 4. The Morgan fingerprint density at radius 3 is 2.47 bits per heavy atom. The molecule has 15 heavy (non-hydrogen) atoms. The van der Waals surface area contributed by atoms with Gasteiger partial charge in [0, 0.05) is 6.54 Å². The Morgan fingerprint density at radius 1 is 1.13 bits per heavy atom. The average Bonchev–Trinajstić information content (AvgIpc) is 2.50. The van der Waals surface area contributed by atoms with Gasteiger partial charge < -0.3 is 5.73 Å². The molecule has 0 aromatic heterocycles. The summed E-state index contributed by atoms with van der Waals surface area (Å²) in [5, 5.41) is 6.61. The van der Waals surface area contributed by atoms with Gasteiger partial charge in [0.15, 0.2) is 0 Å². The number of alkyl halides is 1. The molecule has 2 aliphatic rings. The minimum Gasteiger partial charge on any atom is -0.315 e. The summed E-state index contributed by atoms with van der Waals surface area (Å²) in [6.07, 6.45) is 5.45. The second-order valence-electron chi connectivity index (χ2n) is 4.48. The van der Waals surface area contributed by atoms with E-state index in [4.69, 9.17) is 17.3 Å². The second-order valence-corrected chi connectivity index (χ2v) is 4.95. The molecule has 2 heterocycles. The molecular weight excluding hydrogens is 212 g/mol. The number of nitrogens with one attached hydrogen (secondary N) is 2. The van der Waals surface area contributed by atoms with Crippen molar-refractivity contribution in [2.24, 2.45) is 5.73 Å². The number of likely N-dealkylation sites (tertiary alicyclic amines) is 1. The Labute approximate surface area is 96.5 Å². The van der Waals surface area contributed by atoms with Crippen molar-refractivity contribution in [2.75, 3.05) is 19.6 Å². The first kappa shape index (κ1) is 11.6. The minimum absolute atomic E-state index is 0.0215. The van der Waals surface area contributed by atoms with Crippen LogP contribution in [-0.2, 0) is 0 Å². The zero-order chi connectivity index (χ0) is 10.7. The molecule has 0 radical (unpaired) electrons. The van der Waals surface area contributed by atoms with Gasteiger partial charge in [-0.25, -0.2) is 0 Å². The highest BCUT2D eigenvalue weighted by atomic mass is 35.5. The van der Waals surface area contributed by atoms with Crippen LogP contribution in [0.25, 0.3) is 0 Å². The third kappa shape index (κ3) is 3.04. The third-order valence-electron chi connectivity index (χ3n) is 3.23. The van der Waals surface area contributed by atoms with Crippen LogP contribution in [0, 0.1) is 0 Å². The maximum Gasteiger partial charge on any atom is 0.112 e. The molecule has 5 heteroatoms. The molecule has 2 saturated heterocycles. The van der Waals surface area contributed by atoms with Crippen molar-refractivity contribution in [1.29, 1.82) is 0 Å². The molecular formula is C10H21ClN4. The summed E-state index contributed by atoms with van der Waals surface area (Å²) >= 11 is 6.26. The van der Waals surface area contributed by atoms with Crippen LogP contribution in [0.1, 0.15) is 25.7 Å². The number of hydrogen-bond donors (Lipinski definition) is 3. The summed E-state index contributed by atoms with van der Waals surface area (Å²) in [6, 6.07) is 0. The summed E-state index contributed by atoms with van der Waals surface area (Å²) in [4.78, 5) is 2.43. The standard InChI is InChI=1S/C10H21ClN4/c11-9-10(14-8(12)7-13-9)15-5-3-1-2-4-6-15/h8-10,13-14H,1-7,12H2/t8-,9?,10-/m1/s1. The molecule has 0 amide bonds. The lowest BCUT2D eigenvalue weighted by atomic mass is 10.2. The third-order valence-corrected chi connectivity index (χ3v) is 3.62. The summed E-state index contributed by atoms with van der Waals surface area (Å²) in [5.74, 6) is 0. The Hall–Kier alpha value is 0.130. The average molecular weight is 233 g/mol. The maximum absolute atomic E-state index is 6.26. The van der Waals surface area contributed by atoms with Gasteiger partial charge in [-0.1, -0.05) is 12.8 Å². The van der Waals surface area contributed by atoms with Crippen LogP contribution >= 0.6 is 11.6 Å². The summed E-state index contributed by atoms with van der Waals surface area (Å²) in [6.45, 7) is 3.02. The Bertz CT molecular complexity index is 194. The van der Waals surface area contributed by atoms with Gasteiger partial charge in [-0.15, -0.1) is 11.6 Å². The van der Waals surface area contributed by atoms with Crippen LogP contribution in [-0.4, -0.2) is 42.4 Å². The summed E-state index contributed by atoms with van der Waals surface area (Å²) in [7, 11) is 0. The molecule has 3 atom stereocenters. The molecule has 0 spiro atoms. The Balaban J connectivity index is 1.93. The number of rotatable bonds is 1. The molecule has 0 bridgehead atoms. The normalized spacial score (nSPS) is 40.0. The van der Waals surface area contributed by atoms with Gasteiger partial charge in [0.1, 0.15) is 5.50 Å². The lowest BCUT2D eigenvalue weighted by Gasteiger charge is -2.40. The molecule has 2 rings (SSSR count). The maximum atomic E-state index is 6.26. The largest absolute Gasteiger partial charge is 0.315 e. The van der Waals surface area contributed by atoms with Gasteiger partial charge >= 0.3 is 0 Å². The van der Waals surface area contributed by atoms with Gasteiger partial charge in [-0.2, -0.15) is 0 Å². The first-order chi connectivity index (χ1) is 7.27. The lowest BCUT2D eigenvalue weighted by Crippen LogP contribution is -2.67. The fraction of sp³-hybridized carbons (Fsp3) is 1.00. The van der Waals surface area contributed by atoms with E-state index in [2.05, 4.69) is 15.5 Å². The molecule has 2 fully saturated rings. The topological polar surface area (TPSA) is 53.3 Å². The predicted molar refractivity (Wildman–Crippen MR) is 62.6 cm³/mol. The van der Waals surface area contributed by atoms with Gasteiger partial charge in [-0.05, 0) is 25.9 Å². The van der Waals surface area contributed by atoms with E-state index < -0.39 is 0 Å². The van der Waals surface area contributed by atoms with Gasteiger partial charge in [-0.3, -0.25) is 15.5 Å². The first-order valence-corrected chi connectivity index (χ1v) is 6.34. The van der Waals surface area contributed by atoms with E-state index in [-0.39, 0.29) is 17.8 Å². The lowest BCUT2D eigenvalue weighted by molar-refractivity contribution is 0.120. The summed E-state index contributed by atoms with van der Waals surface area (Å²) < 4.78 is 0. The van der Waals surface area contributed by atoms with E-state index in [1.807, 2.05) is 0 Å². The quantitative estimate of drug-likeness (QED) is 0.448. The molecule has 88 valence electrons. The van der Waals surface area contributed by atoms with Crippen molar-refractivity contribution < 1.29 is 0 Å². The fourth-order valence-electron chi connectivity index (χ4n) is 2.38. The molecule has 0 aliphatic carbocycles. The van der Waals surface area contributed by atoms with Crippen LogP contribution in [0.15, 0.2) is 0 Å². The highest BCUT2D eigenvalue weighted by Gasteiger charge is 2.31. The zero-order valence-electron chi connectivity index (χ0n) is 9.08. The van der Waals surface area contributed by atoms with E-state index in [0.29, 0.717) is 0 Å². The molecule has 0 aromatic carbocycles. The number of piperazine rings is 1. The molecule has 1 unspecified atom stereocenters. The van der Waals surface area contributed by atoms with Crippen molar-refractivity contribution in [2.45, 2.75) is 43.5 Å². The van der Waals surface area contributed by atoms with Gasteiger partial charge in [0.05, 0.1) is 12.3 Å². The van der Waals surface area contributed by atoms with Crippen LogP contribution in [0.2, 0.25) is 0 Å². The number of nitrogens with two attached hydrogens (primary N) is 1. The van der Waals surface area contributed by atoms with E-state index >= 15 is 0 Å². The van der Waals surface area contributed by atoms with Crippen LogP contribution < -0.4 is 16.4 Å². The molecule has 2 aliphatic heterocycles. The van der Waals surface area contributed by atoms with Gasteiger partial charge in [0.25, 0.3) is 0 Å². The van der Waals surface area contributed by atoms with Crippen molar-refractivity contribution in [3.05, 3.63) is 0 Å². The van der Waals surface area contributed by atoms with Gasteiger partial charge in [0.2, 0.25) is 0 Å². The predicted octanol–water partition coefficient (Wildman–Crippen LogP) is 0.231. The van der Waals surface area contributed by atoms with E-state index in [1.54, 1.807) is 0 Å². The fourth-order valence-corrected chi connectivity index (χ4v) is 2.70. The van der Waals surface area contributed by atoms with Crippen LogP contribution in [0.4, 0.5) is 0 Å². The van der Waals surface area contributed by atoms with E-state index in [0.717, 1.165) is 19.6 Å². The van der Waals surface area contributed by atoms with Crippen molar-refractivity contribution in [1.82, 2.24) is 15.5 Å². The second kappa shape index (κ2) is 5.46. The monoisotopic (exact) mass is 232 g/mol. The van der Waals surface area contributed by atoms with E-state index in [9.17, 15) is 0 Å². The number of halogens is 1. The Kier molecular flexibility index (Phi) is 4.22. The van der Waals surface area contributed by atoms with Crippen LogP contribution in [0.3, 0.4) is 0 Å². The molecule has 0 saturated carbocycles. The zero-order valence-corrected chi connectivity index (χ0v) is 9.84. The van der Waals surface area contributed by atoms with Crippen molar-refractivity contribution >= 4 is 11.6 Å². The van der Waals surface area contributed by atoms with Crippen molar-refractivity contribution in [3.63, 3.8) is 0 Å². The SMILES string of the molecule is N[C@H]1CNC(Cl)[C@@H](N2CCCCCC2)N1. The molecule has 4 nitrogen and oxygen atoms in total. The summed E-state index contributed by atoms with van der Waals surface area (Å²) in [5.41, 5.74) is 5.85. The Morgan fingerprint density at radius 2 is 1.80 bits per heavy atom. The van der Waals surface area contributed by atoms with E-state index in [1.165, 1.54) is 25.7 Å². The first-order valence-electron chi connectivity index (χ1n) is 5.90. The van der Waals surface area contributed by atoms with Crippen molar-refractivity contribution in [3.8, 4) is 0 Å². The highest BCUT2D eigenvalue weighted by Crippen LogP contribution is 2.16. The molecule has 4 N–H and O–H groups in total. The molecule has 0 aromatic rings. The minimum atomic E-state index is -0.0251.